The highest BCUT2D eigenvalue weighted by Crippen LogP contribution is 2.31. The minimum atomic E-state index is -0.451. The quantitative estimate of drug-likeness (QED) is 0.818. The van der Waals surface area contributed by atoms with Crippen molar-refractivity contribution in [1.29, 1.82) is 0 Å². The van der Waals surface area contributed by atoms with Crippen LogP contribution in [0, 0.1) is 0 Å². The highest BCUT2D eigenvalue weighted by molar-refractivity contribution is 6.33. The predicted octanol–water partition coefficient (Wildman–Crippen LogP) is 2.73. The highest BCUT2D eigenvalue weighted by Gasteiger charge is 2.42. The molecule has 1 saturated carbocycles. The number of benzene rings is 1. The van der Waals surface area contributed by atoms with E-state index in [1.54, 1.807) is 19.2 Å². The molecule has 5 nitrogen and oxygen atoms in total. The van der Waals surface area contributed by atoms with E-state index in [0.717, 1.165) is 12.1 Å². The number of hydrogen-bond donors (Lipinski definition) is 1. The molecular weight excluding hydrogens is 294 g/mol. The van der Waals surface area contributed by atoms with Crippen LogP contribution >= 0.6 is 11.6 Å². The van der Waals surface area contributed by atoms with Crippen LogP contribution in [-0.4, -0.2) is 45.0 Å². The third kappa shape index (κ3) is 3.48. The minimum absolute atomic E-state index is 0.00204. The monoisotopic (exact) mass is 313 g/mol. The maximum Gasteiger partial charge on any atom is 0.339 e. The number of halogens is 1. The Morgan fingerprint density at radius 1 is 1.43 bits per heavy atom. The topological polar surface area (TPSA) is 56.8 Å². The molecule has 1 aliphatic rings. The molecule has 0 spiro atoms. The van der Waals surface area contributed by atoms with Crippen molar-refractivity contribution < 1.29 is 19.0 Å². The Bertz CT molecular complexity index is 508. The standard InChI is InChI=1S/C15H20ClNO4/c1-4-21-13-8-12(14(13)19-2)17-9-5-6-11(16)10(7-9)15(18)20-3/h5-7,12-14,17H,4,8H2,1-3H3. The van der Waals surface area contributed by atoms with Gasteiger partial charge in [0.05, 0.1) is 29.8 Å². The summed E-state index contributed by atoms with van der Waals surface area (Å²) in [7, 11) is 3.00. The molecule has 0 radical (unpaired) electrons. The Balaban J connectivity index is 2.05. The minimum Gasteiger partial charge on any atom is -0.465 e. The average Bonchev–Trinajstić information content (AvgIpc) is 2.47. The van der Waals surface area contributed by atoms with Crippen LogP contribution in [0.25, 0.3) is 0 Å². The fraction of sp³-hybridized carbons (Fsp3) is 0.533. The number of anilines is 1. The zero-order valence-electron chi connectivity index (χ0n) is 12.4. The van der Waals surface area contributed by atoms with Gasteiger partial charge in [0.15, 0.2) is 0 Å². The third-order valence-electron chi connectivity index (χ3n) is 3.63. The maximum absolute atomic E-state index is 11.6. The van der Waals surface area contributed by atoms with Crippen LogP contribution in [0.1, 0.15) is 23.7 Å². The van der Waals surface area contributed by atoms with Crippen molar-refractivity contribution in [3.8, 4) is 0 Å². The second-order valence-electron chi connectivity index (χ2n) is 4.87. The van der Waals surface area contributed by atoms with Crippen LogP contribution in [0.3, 0.4) is 0 Å². The second-order valence-corrected chi connectivity index (χ2v) is 5.27. The number of ether oxygens (including phenoxy) is 3. The smallest absolute Gasteiger partial charge is 0.339 e. The zero-order valence-corrected chi connectivity index (χ0v) is 13.1. The molecule has 2 rings (SSSR count). The summed E-state index contributed by atoms with van der Waals surface area (Å²) in [6.45, 7) is 2.64. The van der Waals surface area contributed by atoms with E-state index < -0.39 is 5.97 Å². The summed E-state index contributed by atoms with van der Waals surface area (Å²) in [5.41, 5.74) is 1.15. The first kappa shape index (κ1) is 16.1. The van der Waals surface area contributed by atoms with E-state index in [2.05, 4.69) is 5.32 Å². The number of methoxy groups -OCH3 is 2. The van der Waals surface area contributed by atoms with Crippen LogP contribution in [0.15, 0.2) is 18.2 Å². The summed E-state index contributed by atoms with van der Waals surface area (Å²) in [5, 5.41) is 3.71. The van der Waals surface area contributed by atoms with Crippen molar-refractivity contribution >= 4 is 23.3 Å². The Hall–Kier alpha value is -1.30. The fourth-order valence-electron chi connectivity index (χ4n) is 2.51. The maximum atomic E-state index is 11.6. The number of nitrogens with one attached hydrogen (secondary N) is 1. The van der Waals surface area contributed by atoms with Gasteiger partial charge in [0.1, 0.15) is 6.10 Å². The van der Waals surface area contributed by atoms with E-state index in [1.807, 2.05) is 13.0 Å². The molecule has 3 unspecified atom stereocenters. The predicted molar refractivity (Wildman–Crippen MR) is 81.0 cm³/mol. The molecule has 6 heteroatoms. The van der Waals surface area contributed by atoms with Gasteiger partial charge in [0.2, 0.25) is 0 Å². The Labute approximate surface area is 129 Å². The summed E-state index contributed by atoms with van der Waals surface area (Å²) in [6, 6.07) is 5.35. The molecule has 116 valence electrons. The molecule has 0 saturated heterocycles. The summed E-state index contributed by atoms with van der Waals surface area (Å²) >= 11 is 6.00. The van der Waals surface area contributed by atoms with E-state index >= 15 is 0 Å². The molecule has 3 atom stereocenters. The lowest BCUT2D eigenvalue weighted by Crippen LogP contribution is -2.56. The van der Waals surface area contributed by atoms with Crippen LogP contribution in [0.5, 0.6) is 0 Å². The normalized spacial score (nSPS) is 24.3. The lowest BCUT2D eigenvalue weighted by atomic mass is 9.85. The first-order valence-corrected chi connectivity index (χ1v) is 7.27. The van der Waals surface area contributed by atoms with Crippen molar-refractivity contribution in [2.75, 3.05) is 26.1 Å². The average molecular weight is 314 g/mol. The van der Waals surface area contributed by atoms with Crippen LogP contribution in [0.2, 0.25) is 5.02 Å². The van der Waals surface area contributed by atoms with E-state index in [9.17, 15) is 4.79 Å². The third-order valence-corrected chi connectivity index (χ3v) is 3.96. The van der Waals surface area contributed by atoms with Gasteiger partial charge >= 0.3 is 5.97 Å². The van der Waals surface area contributed by atoms with Gasteiger partial charge in [0.25, 0.3) is 0 Å². The van der Waals surface area contributed by atoms with Gasteiger partial charge in [-0.05, 0) is 31.5 Å². The molecule has 0 amide bonds. The van der Waals surface area contributed by atoms with Gasteiger partial charge in [-0.3, -0.25) is 0 Å². The van der Waals surface area contributed by atoms with E-state index in [4.69, 9.17) is 25.8 Å². The molecule has 0 bridgehead atoms. The van der Waals surface area contributed by atoms with Crippen LogP contribution < -0.4 is 5.32 Å². The Morgan fingerprint density at radius 2 is 2.19 bits per heavy atom. The summed E-state index contributed by atoms with van der Waals surface area (Å²) in [5.74, 6) is -0.451. The Kier molecular flexibility index (Phi) is 5.45. The van der Waals surface area contributed by atoms with Gasteiger partial charge in [-0.25, -0.2) is 4.79 Å². The molecule has 1 fully saturated rings. The number of esters is 1. The largest absolute Gasteiger partial charge is 0.465 e. The molecule has 0 heterocycles. The first-order valence-electron chi connectivity index (χ1n) is 6.89. The molecule has 1 aliphatic carbocycles. The molecule has 0 aromatic heterocycles. The molecule has 0 aliphatic heterocycles. The lowest BCUT2D eigenvalue weighted by molar-refractivity contribution is -0.118. The van der Waals surface area contributed by atoms with Gasteiger partial charge in [-0.15, -0.1) is 0 Å². The van der Waals surface area contributed by atoms with Gasteiger partial charge < -0.3 is 19.5 Å². The molecule has 21 heavy (non-hydrogen) atoms. The van der Waals surface area contributed by atoms with Crippen molar-refractivity contribution in [3.05, 3.63) is 28.8 Å². The molecule has 1 N–H and O–H groups in total. The lowest BCUT2D eigenvalue weighted by Gasteiger charge is -2.43. The van der Waals surface area contributed by atoms with Crippen molar-refractivity contribution in [1.82, 2.24) is 0 Å². The number of rotatable bonds is 6. The molecular formula is C15H20ClNO4. The van der Waals surface area contributed by atoms with Gasteiger partial charge in [-0.2, -0.15) is 0 Å². The number of hydrogen-bond acceptors (Lipinski definition) is 5. The summed E-state index contributed by atoms with van der Waals surface area (Å²) in [6.07, 6.45) is 0.981. The number of carbonyl (C=O) groups is 1. The fourth-order valence-corrected chi connectivity index (χ4v) is 2.71. The van der Waals surface area contributed by atoms with Crippen molar-refractivity contribution in [2.24, 2.45) is 0 Å². The summed E-state index contributed by atoms with van der Waals surface area (Å²) in [4.78, 5) is 11.6. The van der Waals surface area contributed by atoms with E-state index in [1.165, 1.54) is 7.11 Å². The first-order chi connectivity index (χ1) is 10.1. The van der Waals surface area contributed by atoms with E-state index in [0.29, 0.717) is 17.2 Å². The highest BCUT2D eigenvalue weighted by atomic mass is 35.5. The molecule has 1 aromatic rings. The van der Waals surface area contributed by atoms with Gasteiger partial charge in [0, 0.05) is 19.4 Å². The molecule has 1 aromatic carbocycles. The second kappa shape index (κ2) is 7.11. The van der Waals surface area contributed by atoms with E-state index in [-0.39, 0.29) is 18.2 Å². The Morgan fingerprint density at radius 3 is 2.81 bits per heavy atom. The van der Waals surface area contributed by atoms with Crippen LogP contribution in [-0.2, 0) is 14.2 Å². The number of carbonyl (C=O) groups excluding carboxylic acids is 1. The summed E-state index contributed by atoms with van der Waals surface area (Å²) < 4.78 is 15.8. The van der Waals surface area contributed by atoms with Gasteiger partial charge in [-0.1, -0.05) is 11.6 Å². The van der Waals surface area contributed by atoms with Crippen LogP contribution in [0.4, 0.5) is 5.69 Å². The zero-order chi connectivity index (χ0) is 15.4. The SMILES string of the molecule is CCOC1CC(Nc2ccc(Cl)c(C(=O)OC)c2)C1OC. The van der Waals surface area contributed by atoms with Crippen molar-refractivity contribution in [2.45, 2.75) is 31.6 Å². The van der Waals surface area contributed by atoms with Crippen molar-refractivity contribution in [3.63, 3.8) is 0 Å².